The van der Waals surface area contributed by atoms with Gasteiger partial charge in [0, 0.05) is 11.9 Å². The molecule has 0 bridgehead atoms. The Labute approximate surface area is 92.2 Å². The van der Waals surface area contributed by atoms with E-state index in [0.29, 0.717) is 0 Å². The maximum atomic E-state index is 4.34. The Morgan fingerprint density at radius 2 is 2.13 bits per heavy atom. The predicted octanol–water partition coefficient (Wildman–Crippen LogP) is 3.90. The van der Waals surface area contributed by atoms with Crippen molar-refractivity contribution in [1.29, 1.82) is 0 Å². The standard InChI is InChI=1S/C14H19N/c1-2-7-13(8-3-1)9-6-11-14-10-4-5-12-15-14/h4-5,7,10,12H,1-3,6,8-9,11H2. The van der Waals surface area contributed by atoms with Gasteiger partial charge in [-0.2, -0.15) is 0 Å². The topological polar surface area (TPSA) is 12.9 Å². The van der Waals surface area contributed by atoms with Crippen molar-refractivity contribution in [3.63, 3.8) is 0 Å². The number of hydrogen-bond donors (Lipinski definition) is 0. The summed E-state index contributed by atoms with van der Waals surface area (Å²) in [7, 11) is 0. The van der Waals surface area contributed by atoms with Crippen LogP contribution < -0.4 is 0 Å². The third-order valence-electron chi connectivity index (χ3n) is 3.04. The van der Waals surface area contributed by atoms with Gasteiger partial charge in [0.25, 0.3) is 0 Å². The van der Waals surface area contributed by atoms with E-state index < -0.39 is 0 Å². The van der Waals surface area contributed by atoms with E-state index in [9.17, 15) is 0 Å². The van der Waals surface area contributed by atoms with Gasteiger partial charge in [-0.25, -0.2) is 0 Å². The molecular weight excluding hydrogens is 182 g/mol. The minimum absolute atomic E-state index is 1.12. The largest absolute Gasteiger partial charge is 0.261 e. The molecule has 1 heterocycles. The summed E-state index contributed by atoms with van der Waals surface area (Å²) in [6, 6.07) is 6.17. The molecule has 1 nitrogen and oxygen atoms in total. The Kier molecular flexibility index (Phi) is 3.95. The van der Waals surface area contributed by atoms with Gasteiger partial charge >= 0.3 is 0 Å². The number of allylic oxidation sites excluding steroid dienone is 2. The van der Waals surface area contributed by atoms with E-state index in [-0.39, 0.29) is 0 Å². The van der Waals surface area contributed by atoms with E-state index in [2.05, 4.69) is 23.2 Å². The molecule has 0 unspecified atom stereocenters. The van der Waals surface area contributed by atoms with Crippen molar-refractivity contribution in [3.05, 3.63) is 41.7 Å². The van der Waals surface area contributed by atoms with Gasteiger partial charge in [0.1, 0.15) is 0 Å². The zero-order valence-electron chi connectivity index (χ0n) is 9.28. The number of rotatable bonds is 4. The smallest absolute Gasteiger partial charge is 0.0403 e. The Morgan fingerprint density at radius 1 is 1.13 bits per heavy atom. The molecule has 0 aromatic carbocycles. The fraction of sp³-hybridized carbons (Fsp3) is 0.500. The second kappa shape index (κ2) is 5.69. The van der Waals surface area contributed by atoms with E-state index in [4.69, 9.17) is 0 Å². The second-order valence-electron chi connectivity index (χ2n) is 4.28. The quantitative estimate of drug-likeness (QED) is 0.673. The van der Waals surface area contributed by atoms with Gasteiger partial charge in [-0.15, -0.1) is 0 Å². The summed E-state index contributed by atoms with van der Waals surface area (Å²) >= 11 is 0. The average Bonchev–Trinajstić information content (AvgIpc) is 2.32. The first-order valence-corrected chi connectivity index (χ1v) is 6.03. The summed E-state index contributed by atoms with van der Waals surface area (Å²) in [6.45, 7) is 0. The number of hydrogen-bond acceptors (Lipinski definition) is 1. The molecule has 1 aromatic rings. The Balaban J connectivity index is 1.73. The number of nitrogens with zero attached hydrogens (tertiary/aromatic N) is 1. The molecule has 0 N–H and O–H groups in total. The lowest BCUT2D eigenvalue weighted by molar-refractivity contribution is 0.657. The lowest BCUT2D eigenvalue weighted by Gasteiger charge is -2.11. The van der Waals surface area contributed by atoms with Gasteiger partial charge in [-0.3, -0.25) is 4.98 Å². The van der Waals surface area contributed by atoms with Crippen molar-refractivity contribution in [2.24, 2.45) is 0 Å². The number of pyridine rings is 1. The molecule has 80 valence electrons. The zero-order valence-corrected chi connectivity index (χ0v) is 9.28. The molecule has 0 fully saturated rings. The number of aromatic nitrogens is 1. The van der Waals surface area contributed by atoms with Crippen LogP contribution >= 0.6 is 0 Å². The summed E-state index contributed by atoms with van der Waals surface area (Å²) in [5.74, 6) is 0. The van der Waals surface area contributed by atoms with Gasteiger partial charge in [0.15, 0.2) is 0 Å². The van der Waals surface area contributed by atoms with Crippen LogP contribution in [0, 0.1) is 0 Å². The second-order valence-corrected chi connectivity index (χ2v) is 4.28. The van der Waals surface area contributed by atoms with Crippen LogP contribution in [0.1, 0.15) is 44.2 Å². The summed E-state index contributed by atoms with van der Waals surface area (Å²) in [5.41, 5.74) is 2.91. The van der Waals surface area contributed by atoms with Crippen LogP contribution in [0.25, 0.3) is 0 Å². The molecule has 1 aliphatic rings. The van der Waals surface area contributed by atoms with Crippen molar-refractivity contribution < 1.29 is 0 Å². The van der Waals surface area contributed by atoms with Crippen LogP contribution in [-0.2, 0) is 6.42 Å². The SMILES string of the molecule is C1=C(CCCc2ccccn2)CCCC1. The first-order chi connectivity index (χ1) is 7.45. The van der Waals surface area contributed by atoms with Gasteiger partial charge in [-0.1, -0.05) is 17.7 Å². The van der Waals surface area contributed by atoms with Gasteiger partial charge < -0.3 is 0 Å². The maximum Gasteiger partial charge on any atom is 0.0403 e. The van der Waals surface area contributed by atoms with Gasteiger partial charge in [0.05, 0.1) is 0 Å². The predicted molar refractivity (Wildman–Crippen MR) is 63.7 cm³/mol. The van der Waals surface area contributed by atoms with Crippen LogP contribution in [0.2, 0.25) is 0 Å². The van der Waals surface area contributed by atoms with Crippen molar-refractivity contribution >= 4 is 0 Å². The van der Waals surface area contributed by atoms with E-state index >= 15 is 0 Å². The molecule has 15 heavy (non-hydrogen) atoms. The normalized spacial score (nSPS) is 16.1. The molecule has 1 aliphatic carbocycles. The number of aryl methyl sites for hydroxylation is 1. The highest BCUT2D eigenvalue weighted by Gasteiger charge is 2.03. The molecule has 1 aromatic heterocycles. The highest BCUT2D eigenvalue weighted by molar-refractivity contribution is 5.07. The highest BCUT2D eigenvalue weighted by atomic mass is 14.7. The van der Waals surface area contributed by atoms with E-state index in [1.165, 1.54) is 44.2 Å². The molecule has 0 saturated heterocycles. The maximum absolute atomic E-state index is 4.34. The minimum Gasteiger partial charge on any atom is -0.261 e. The fourth-order valence-electron chi connectivity index (χ4n) is 2.17. The lowest BCUT2D eigenvalue weighted by atomic mass is 9.95. The van der Waals surface area contributed by atoms with Crippen LogP contribution in [0.15, 0.2) is 36.0 Å². The van der Waals surface area contributed by atoms with Crippen LogP contribution in [0.3, 0.4) is 0 Å². The Morgan fingerprint density at radius 3 is 2.87 bits per heavy atom. The summed E-state index contributed by atoms with van der Waals surface area (Å²) < 4.78 is 0. The van der Waals surface area contributed by atoms with Crippen molar-refractivity contribution in [2.75, 3.05) is 0 Å². The van der Waals surface area contributed by atoms with Crippen LogP contribution in [0.4, 0.5) is 0 Å². The van der Waals surface area contributed by atoms with E-state index in [0.717, 1.165) is 6.42 Å². The molecule has 1 heteroatoms. The molecule has 0 atom stereocenters. The van der Waals surface area contributed by atoms with Gasteiger partial charge in [0.2, 0.25) is 0 Å². The minimum atomic E-state index is 1.12. The fourth-order valence-corrected chi connectivity index (χ4v) is 2.17. The third-order valence-corrected chi connectivity index (χ3v) is 3.04. The van der Waals surface area contributed by atoms with Crippen molar-refractivity contribution in [3.8, 4) is 0 Å². The molecule has 2 rings (SSSR count). The lowest BCUT2D eigenvalue weighted by Crippen LogP contribution is -1.94. The van der Waals surface area contributed by atoms with Crippen LogP contribution in [-0.4, -0.2) is 4.98 Å². The zero-order chi connectivity index (χ0) is 10.3. The van der Waals surface area contributed by atoms with Gasteiger partial charge in [-0.05, 0) is 57.1 Å². The summed E-state index contributed by atoms with van der Waals surface area (Å²) in [4.78, 5) is 4.34. The first-order valence-electron chi connectivity index (χ1n) is 6.03. The molecule has 0 amide bonds. The molecule has 0 spiro atoms. The molecule has 0 aliphatic heterocycles. The van der Waals surface area contributed by atoms with E-state index in [1.54, 1.807) is 5.57 Å². The van der Waals surface area contributed by atoms with E-state index in [1.807, 2.05) is 12.3 Å². The van der Waals surface area contributed by atoms with Crippen molar-refractivity contribution in [1.82, 2.24) is 4.98 Å². The molecule has 0 saturated carbocycles. The highest BCUT2D eigenvalue weighted by Crippen LogP contribution is 2.21. The summed E-state index contributed by atoms with van der Waals surface area (Å²) in [5, 5.41) is 0. The van der Waals surface area contributed by atoms with Crippen molar-refractivity contribution in [2.45, 2.75) is 44.9 Å². The van der Waals surface area contributed by atoms with Crippen LogP contribution in [0.5, 0.6) is 0 Å². The average molecular weight is 201 g/mol. The molecule has 0 radical (unpaired) electrons. The molecular formula is C14H19N. The third kappa shape index (κ3) is 3.50. The Bertz CT molecular complexity index is 313. The monoisotopic (exact) mass is 201 g/mol. The Hall–Kier alpha value is -1.11. The summed E-state index contributed by atoms with van der Waals surface area (Å²) in [6.07, 6.45) is 13.4. The first kappa shape index (κ1) is 10.4.